The number of sulfonamides is 1. The summed E-state index contributed by atoms with van der Waals surface area (Å²) in [5, 5.41) is 2.48. The molecule has 1 fully saturated rings. The van der Waals surface area contributed by atoms with Gasteiger partial charge in [-0.15, -0.1) is 0 Å². The van der Waals surface area contributed by atoms with Gasteiger partial charge in [0.15, 0.2) is 0 Å². The van der Waals surface area contributed by atoms with Crippen LogP contribution in [0, 0.1) is 11.6 Å². The number of nitrogens with one attached hydrogen (secondary N) is 1. The lowest BCUT2D eigenvalue weighted by Gasteiger charge is -2.26. The molecule has 1 saturated heterocycles. The van der Waals surface area contributed by atoms with Gasteiger partial charge in [-0.3, -0.25) is 4.79 Å². The van der Waals surface area contributed by atoms with Crippen molar-refractivity contribution in [2.45, 2.75) is 4.90 Å². The van der Waals surface area contributed by atoms with Crippen LogP contribution in [-0.2, 0) is 14.8 Å². The van der Waals surface area contributed by atoms with Crippen LogP contribution in [0.25, 0.3) is 0 Å². The zero-order chi connectivity index (χ0) is 18.7. The minimum atomic E-state index is -4.04. The number of nitrogens with zero attached hydrogens (tertiary/aromatic N) is 1. The molecule has 1 aliphatic rings. The van der Waals surface area contributed by atoms with E-state index in [9.17, 15) is 22.0 Å². The monoisotopic (exact) mass is 382 g/mol. The van der Waals surface area contributed by atoms with Crippen molar-refractivity contribution in [1.82, 2.24) is 4.31 Å². The van der Waals surface area contributed by atoms with E-state index in [1.807, 2.05) is 0 Å². The van der Waals surface area contributed by atoms with Gasteiger partial charge in [-0.1, -0.05) is 0 Å². The zero-order valence-corrected chi connectivity index (χ0v) is 14.4. The Morgan fingerprint density at radius 1 is 1.04 bits per heavy atom. The third-order valence-electron chi connectivity index (χ3n) is 3.88. The van der Waals surface area contributed by atoms with Crippen LogP contribution >= 0.6 is 0 Å². The molecular formula is C17H16F2N2O4S. The van der Waals surface area contributed by atoms with Crippen LogP contribution in [0.4, 0.5) is 14.5 Å². The number of amides is 1. The molecule has 138 valence electrons. The highest BCUT2D eigenvalue weighted by Crippen LogP contribution is 2.24. The van der Waals surface area contributed by atoms with E-state index in [1.54, 1.807) is 0 Å². The second kappa shape index (κ2) is 7.48. The molecular weight excluding hydrogens is 366 g/mol. The predicted octanol–water partition coefficient (Wildman–Crippen LogP) is 2.24. The van der Waals surface area contributed by atoms with Gasteiger partial charge >= 0.3 is 0 Å². The molecule has 1 aliphatic heterocycles. The van der Waals surface area contributed by atoms with Crippen LogP contribution in [0.15, 0.2) is 47.4 Å². The van der Waals surface area contributed by atoms with Crippen LogP contribution in [0.3, 0.4) is 0 Å². The minimum Gasteiger partial charge on any atom is -0.379 e. The van der Waals surface area contributed by atoms with Crippen molar-refractivity contribution in [3.8, 4) is 0 Å². The molecule has 0 aliphatic carbocycles. The van der Waals surface area contributed by atoms with E-state index in [0.717, 1.165) is 28.6 Å². The molecule has 0 saturated carbocycles. The number of hydrogen-bond acceptors (Lipinski definition) is 4. The zero-order valence-electron chi connectivity index (χ0n) is 13.6. The van der Waals surface area contributed by atoms with Crippen molar-refractivity contribution in [2.24, 2.45) is 0 Å². The molecule has 3 rings (SSSR count). The lowest BCUT2D eigenvalue weighted by Crippen LogP contribution is -2.40. The number of rotatable bonds is 4. The molecule has 1 N–H and O–H groups in total. The van der Waals surface area contributed by atoms with Crippen LogP contribution in [0.2, 0.25) is 0 Å². The van der Waals surface area contributed by atoms with Gasteiger partial charge in [0.2, 0.25) is 10.0 Å². The summed E-state index contributed by atoms with van der Waals surface area (Å²) in [6.45, 7) is 0.742. The summed E-state index contributed by atoms with van der Waals surface area (Å²) in [6.07, 6.45) is 0. The molecule has 1 heterocycles. The maximum atomic E-state index is 14.1. The Bertz CT molecular complexity index is 911. The summed E-state index contributed by atoms with van der Waals surface area (Å²) < 4.78 is 58.6. The Labute approximate surface area is 149 Å². The molecule has 0 unspecified atom stereocenters. The maximum absolute atomic E-state index is 14.1. The first-order valence-corrected chi connectivity index (χ1v) is 9.26. The van der Waals surface area contributed by atoms with Gasteiger partial charge < -0.3 is 10.1 Å². The number of anilines is 1. The standard InChI is InChI=1S/C17H16F2N2O4S/c18-13-3-1-12(2-4-13)17(22)20-14-5-6-15(19)16(11-14)26(23,24)21-7-9-25-10-8-21/h1-6,11H,7-10H2,(H,20,22). The van der Waals surface area contributed by atoms with Crippen molar-refractivity contribution >= 4 is 21.6 Å². The lowest BCUT2D eigenvalue weighted by atomic mass is 10.2. The van der Waals surface area contributed by atoms with Crippen molar-refractivity contribution in [1.29, 1.82) is 0 Å². The van der Waals surface area contributed by atoms with E-state index in [-0.39, 0.29) is 37.6 Å². The summed E-state index contributed by atoms with van der Waals surface area (Å²) >= 11 is 0. The third kappa shape index (κ3) is 3.90. The number of halogens is 2. The average Bonchev–Trinajstić information content (AvgIpc) is 2.64. The lowest BCUT2D eigenvalue weighted by molar-refractivity contribution is 0.0729. The number of carbonyl (C=O) groups excluding carboxylic acids is 1. The largest absolute Gasteiger partial charge is 0.379 e. The number of morpholine rings is 1. The molecule has 9 heteroatoms. The summed E-state index contributed by atoms with van der Waals surface area (Å²) in [4.78, 5) is 11.7. The smallest absolute Gasteiger partial charge is 0.255 e. The Morgan fingerprint density at radius 3 is 2.35 bits per heavy atom. The van der Waals surface area contributed by atoms with Gasteiger partial charge in [0.05, 0.1) is 13.2 Å². The normalized spacial score (nSPS) is 15.6. The maximum Gasteiger partial charge on any atom is 0.255 e. The topological polar surface area (TPSA) is 75.7 Å². The van der Waals surface area contributed by atoms with Gasteiger partial charge in [-0.25, -0.2) is 17.2 Å². The van der Waals surface area contributed by atoms with Crippen LogP contribution in [0.1, 0.15) is 10.4 Å². The van der Waals surface area contributed by atoms with Crippen LogP contribution < -0.4 is 5.32 Å². The quantitative estimate of drug-likeness (QED) is 0.880. The summed E-state index contributed by atoms with van der Waals surface area (Å²) in [7, 11) is -4.04. The highest BCUT2D eigenvalue weighted by Gasteiger charge is 2.29. The molecule has 26 heavy (non-hydrogen) atoms. The van der Waals surface area contributed by atoms with Crippen molar-refractivity contribution in [2.75, 3.05) is 31.6 Å². The van der Waals surface area contributed by atoms with Gasteiger partial charge in [0.25, 0.3) is 5.91 Å². The first kappa shape index (κ1) is 18.4. The number of carbonyl (C=O) groups is 1. The van der Waals surface area contributed by atoms with Gasteiger partial charge in [-0.2, -0.15) is 4.31 Å². The average molecular weight is 382 g/mol. The Balaban J connectivity index is 1.85. The second-order valence-electron chi connectivity index (χ2n) is 5.62. The molecule has 0 atom stereocenters. The van der Waals surface area contributed by atoms with E-state index in [1.165, 1.54) is 18.2 Å². The second-order valence-corrected chi connectivity index (χ2v) is 7.53. The molecule has 6 nitrogen and oxygen atoms in total. The summed E-state index contributed by atoms with van der Waals surface area (Å²) in [6, 6.07) is 8.16. The van der Waals surface area contributed by atoms with E-state index >= 15 is 0 Å². The molecule has 0 bridgehead atoms. The fraction of sp³-hybridized carbons (Fsp3) is 0.235. The third-order valence-corrected chi connectivity index (χ3v) is 5.80. The number of hydrogen-bond donors (Lipinski definition) is 1. The fourth-order valence-corrected chi connectivity index (χ4v) is 4.01. The Kier molecular flexibility index (Phi) is 5.30. The first-order valence-electron chi connectivity index (χ1n) is 7.82. The molecule has 0 radical (unpaired) electrons. The SMILES string of the molecule is O=C(Nc1ccc(F)c(S(=O)(=O)N2CCOCC2)c1)c1ccc(F)cc1. The summed E-state index contributed by atoms with van der Waals surface area (Å²) in [5.74, 6) is -1.95. The highest BCUT2D eigenvalue weighted by atomic mass is 32.2. The van der Waals surface area contributed by atoms with Crippen LogP contribution in [-0.4, -0.2) is 44.9 Å². The molecule has 2 aromatic carbocycles. The van der Waals surface area contributed by atoms with Gasteiger partial charge in [0.1, 0.15) is 16.5 Å². The number of ether oxygens (including phenoxy) is 1. The van der Waals surface area contributed by atoms with Crippen molar-refractivity contribution in [3.05, 3.63) is 59.7 Å². The van der Waals surface area contributed by atoms with E-state index in [0.29, 0.717) is 0 Å². The van der Waals surface area contributed by atoms with Crippen molar-refractivity contribution in [3.63, 3.8) is 0 Å². The Morgan fingerprint density at radius 2 is 1.69 bits per heavy atom. The highest BCUT2D eigenvalue weighted by molar-refractivity contribution is 7.89. The number of benzene rings is 2. The molecule has 1 amide bonds. The van der Waals surface area contributed by atoms with Gasteiger partial charge in [-0.05, 0) is 42.5 Å². The van der Waals surface area contributed by atoms with E-state index in [4.69, 9.17) is 4.74 Å². The van der Waals surface area contributed by atoms with Crippen molar-refractivity contribution < 1.29 is 26.7 Å². The first-order chi connectivity index (χ1) is 12.4. The van der Waals surface area contributed by atoms with Crippen LogP contribution in [0.5, 0.6) is 0 Å². The van der Waals surface area contributed by atoms with E-state index in [2.05, 4.69) is 5.32 Å². The fourth-order valence-electron chi connectivity index (χ4n) is 2.51. The minimum absolute atomic E-state index is 0.118. The molecule has 0 spiro atoms. The summed E-state index contributed by atoms with van der Waals surface area (Å²) in [5.41, 5.74) is 0.306. The molecule has 2 aromatic rings. The molecule has 0 aromatic heterocycles. The van der Waals surface area contributed by atoms with E-state index < -0.39 is 32.5 Å². The van der Waals surface area contributed by atoms with Gasteiger partial charge in [0, 0.05) is 24.3 Å². The Hall–Kier alpha value is -2.36. The predicted molar refractivity (Wildman–Crippen MR) is 90.3 cm³/mol.